The van der Waals surface area contributed by atoms with Crippen molar-refractivity contribution < 1.29 is 12.8 Å². The summed E-state index contributed by atoms with van der Waals surface area (Å²) in [6, 6.07) is 3.74. The molecule has 0 radical (unpaired) electrons. The van der Waals surface area contributed by atoms with Crippen LogP contribution in [0, 0.1) is 12.7 Å². The molecule has 2 rings (SSSR count). The number of nitrogens with one attached hydrogen (secondary N) is 2. The van der Waals surface area contributed by atoms with Crippen LogP contribution in [0.25, 0.3) is 0 Å². The van der Waals surface area contributed by atoms with E-state index in [-0.39, 0.29) is 11.4 Å². The Bertz CT molecular complexity index is 729. The lowest BCUT2D eigenvalue weighted by atomic mass is 10.2. The van der Waals surface area contributed by atoms with Crippen molar-refractivity contribution in [2.45, 2.75) is 24.9 Å². The van der Waals surface area contributed by atoms with Gasteiger partial charge in [-0.05, 0) is 31.7 Å². The highest BCUT2D eigenvalue weighted by Gasteiger charge is 2.19. The Morgan fingerprint density at radius 1 is 1.33 bits per heavy atom. The quantitative estimate of drug-likeness (QED) is 0.847. The average molecular weight is 329 g/mol. The van der Waals surface area contributed by atoms with Crippen molar-refractivity contribution in [1.29, 1.82) is 0 Å². The molecular formula is C13H16FN3O2S2. The van der Waals surface area contributed by atoms with Gasteiger partial charge in [-0.1, -0.05) is 6.07 Å². The van der Waals surface area contributed by atoms with E-state index in [1.54, 1.807) is 12.4 Å². The van der Waals surface area contributed by atoms with Gasteiger partial charge in [-0.3, -0.25) is 0 Å². The normalized spacial score (nSPS) is 11.8. The van der Waals surface area contributed by atoms with Crippen LogP contribution in [0.1, 0.15) is 16.3 Å². The second kappa shape index (κ2) is 6.61. The summed E-state index contributed by atoms with van der Waals surface area (Å²) in [5, 5.41) is 5.52. The van der Waals surface area contributed by atoms with Gasteiger partial charge < -0.3 is 5.32 Å². The fourth-order valence-corrected chi connectivity index (χ4v) is 3.71. The monoisotopic (exact) mass is 329 g/mol. The highest BCUT2D eigenvalue weighted by atomic mass is 32.2. The number of sulfonamides is 1. The number of halogens is 1. The van der Waals surface area contributed by atoms with Crippen LogP contribution in [0.2, 0.25) is 0 Å². The molecular weight excluding hydrogens is 313 g/mol. The number of thiazole rings is 1. The number of rotatable bonds is 6. The van der Waals surface area contributed by atoms with Gasteiger partial charge in [0.1, 0.15) is 5.82 Å². The summed E-state index contributed by atoms with van der Waals surface area (Å²) in [5.74, 6) is -0.584. The van der Waals surface area contributed by atoms with E-state index >= 15 is 0 Å². The Kier molecular flexibility index (Phi) is 5.04. The van der Waals surface area contributed by atoms with Gasteiger partial charge in [0, 0.05) is 11.9 Å². The molecule has 0 aliphatic heterocycles. The molecule has 0 aliphatic rings. The molecule has 2 aromatic rings. The fraction of sp³-hybridized carbons (Fsp3) is 0.308. The maximum Gasteiger partial charge on any atom is 0.241 e. The van der Waals surface area contributed by atoms with Crippen molar-refractivity contribution in [3.05, 3.63) is 45.7 Å². The van der Waals surface area contributed by atoms with Crippen molar-refractivity contribution in [1.82, 2.24) is 15.0 Å². The molecule has 0 spiro atoms. The molecule has 1 heterocycles. The van der Waals surface area contributed by atoms with Crippen LogP contribution in [0.4, 0.5) is 4.39 Å². The molecule has 0 bridgehead atoms. The summed E-state index contributed by atoms with van der Waals surface area (Å²) in [6.45, 7) is 2.27. The van der Waals surface area contributed by atoms with Crippen LogP contribution in [0.15, 0.2) is 28.5 Å². The largest absolute Gasteiger partial charge is 0.316 e. The van der Waals surface area contributed by atoms with E-state index in [1.807, 2.05) is 6.92 Å². The van der Waals surface area contributed by atoms with Gasteiger partial charge in [0.2, 0.25) is 10.0 Å². The van der Waals surface area contributed by atoms with Gasteiger partial charge >= 0.3 is 0 Å². The Balaban J connectivity index is 2.24. The summed E-state index contributed by atoms with van der Waals surface area (Å²) in [6.07, 6.45) is 0. The number of nitrogens with zero attached hydrogens (tertiary/aromatic N) is 1. The molecule has 8 heteroatoms. The van der Waals surface area contributed by atoms with Crippen LogP contribution in [-0.2, 0) is 23.1 Å². The van der Waals surface area contributed by atoms with Crippen molar-refractivity contribution in [3.63, 3.8) is 0 Å². The number of hydrogen-bond acceptors (Lipinski definition) is 5. The molecule has 0 saturated heterocycles. The summed E-state index contributed by atoms with van der Waals surface area (Å²) >= 11 is 1.45. The number of hydrogen-bond donors (Lipinski definition) is 2. The zero-order valence-corrected chi connectivity index (χ0v) is 13.3. The predicted octanol–water partition coefficient (Wildman–Crippen LogP) is 1.79. The van der Waals surface area contributed by atoms with Gasteiger partial charge in [0.25, 0.3) is 0 Å². The Morgan fingerprint density at radius 3 is 2.71 bits per heavy atom. The molecule has 0 amide bonds. The molecule has 1 aromatic heterocycles. The van der Waals surface area contributed by atoms with Gasteiger partial charge in [0.15, 0.2) is 0 Å². The van der Waals surface area contributed by atoms with E-state index in [9.17, 15) is 12.8 Å². The second-order valence-corrected chi connectivity index (χ2v) is 7.26. The summed E-state index contributed by atoms with van der Waals surface area (Å²) in [7, 11) is -2.09. The van der Waals surface area contributed by atoms with Gasteiger partial charge in [-0.15, -0.1) is 11.3 Å². The van der Waals surface area contributed by atoms with Crippen molar-refractivity contribution >= 4 is 21.4 Å². The third kappa shape index (κ3) is 4.07. The number of aryl methyl sites for hydroxylation is 1. The van der Waals surface area contributed by atoms with Crippen LogP contribution in [0.3, 0.4) is 0 Å². The summed E-state index contributed by atoms with van der Waals surface area (Å²) in [4.78, 5) is 4.14. The van der Waals surface area contributed by atoms with E-state index in [4.69, 9.17) is 0 Å². The Morgan fingerprint density at radius 2 is 2.10 bits per heavy atom. The molecule has 0 aliphatic carbocycles. The Hall–Kier alpha value is -1.35. The smallest absolute Gasteiger partial charge is 0.241 e. The lowest BCUT2D eigenvalue weighted by Crippen LogP contribution is -2.25. The first-order valence-corrected chi connectivity index (χ1v) is 8.62. The van der Waals surface area contributed by atoms with Gasteiger partial charge in [-0.2, -0.15) is 0 Å². The number of aromatic nitrogens is 1. The zero-order valence-electron chi connectivity index (χ0n) is 11.7. The topological polar surface area (TPSA) is 71.1 Å². The zero-order chi connectivity index (χ0) is 15.5. The van der Waals surface area contributed by atoms with Gasteiger partial charge in [0.05, 0.1) is 22.1 Å². The van der Waals surface area contributed by atoms with Crippen LogP contribution in [-0.4, -0.2) is 20.4 Å². The lowest BCUT2D eigenvalue weighted by Gasteiger charge is -2.11. The average Bonchev–Trinajstić information content (AvgIpc) is 2.85. The third-order valence-electron chi connectivity index (χ3n) is 2.80. The highest BCUT2D eigenvalue weighted by Crippen LogP contribution is 2.18. The number of benzene rings is 1. The van der Waals surface area contributed by atoms with Gasteiger partial charge in [-0.25, -0.2) is 22.5 Å². The van der Waals surface area contributed by atoms with Crippen molar-refractivity contribution in [2.75, 3.05) is 7.05 Å². The predicted molar refractivity (Wildman–Crippen MR) is 80.0 cm³/mol. The highest BCUT2D eigenvalue weighted by molar-refractivity contribution is 7.89. The first-order chi connectivity index (χ1) is 9.92. The second-order valence-electron chi connectivity index (χ2n) is 4.46. The third-order valence-corrected chi connectivity index (χ3v) is 5.10. The first-order valence-electron chi connectivity index (χ1n) is 6.26. The van der Waals surface area contributed by atoms with E-state index in [2.05, 4.69) is 15.0 Å². The molecule has 0 saturated carbocycles. The van der Waals surface area contributed by atoms with Crippen LogP contribution >= 0.6 is 11.3 Å². The molecule has 0 atom stereocenters. The molecule has 114 valence electrons. The molecule has 5 nitrogen and oxygen atoms in total. The lowest BCUT2D eigenvalue weighted by molar-refractivity contribution is 0.574. The van der Waals surface area contributed by atoms with E-state index in [0.717, 1.165) is 11.1 Å². The van der Waals surface area contributed by atoms with Crippen molar-refractivity contribution in [2.24, 2.45) is 0 Å². The molecule has 0 fully saturated rings. The Labute approximate surface area is 127 Å². The minimum Gasteiger partial charge on any atom is -0.316 e. The van der Waals surface area contributed by atoms with Crippen LogP contribution in [0.5, 0.6) is 0 Å². The maximum atomic E-state index is 13.4. The van der Waals surface area contributed by atoms with E-state index in [1.165, 1.54) is 23.5 Å². The minimum absolute atomic E-state index is 0.0520. The van der Waals surface area contributed by atoms with Crippen LogP contribution < -0.4 is 10.0 Å². The molecule has 0 unspecified atom stereocenters. The van der Waals surface area contributed by atoms with E-state index in [0.29, 0.717) is 17.8 Å². The molecule has 21 heavy (non-hydrogen) atoms. The summed E-state index contributed by atoms with van der Waals surface area (Å²) < 4.78 is 40.5. The SMILES string of the molecule is CNCc1ccc(F)cc1S(=O)(=O)NCc1csc(C)n1. The standard InChI is InChI=1S/C13H16FN3O2S2/c1-9-17-12(8-20-9)7-16-21(18,19)13-5-11(14)4-3-10(13)6-15-2/h3-5,8,15-16H,6-7H2,1-2H3. The molecule has 1 aromatic carbocycles. The van der Waals surface area contributed by atoms with E-state index < -0.39 is 15.8 Å². The minimum atomic E-state index is -3.79. The summed E-state index contributed by atoms with van der Waals surface area (Å²) in [5.41, 5.74) is 1.16. The molecule has 2 N–H and O–H groups in total. The first kappa shape index (κ1) is 16.0. The van der Waals surface area contributed by atoms with Crippen molar-refractivity contribution in [3.8, 4) is 0 Å². The maximum absolute atomic E-state index is 13.4. The fourth-order valence-electron chi connectivity index (χ4n) is 1.85.